The molecule has 4 rings (SSSR count). The summed E-state index contributed by atoms with van der Waals surface area (Å²) >= 11 is 0. The van der Waals surface area contributed by atoms with Gasteiger partial charge in [0.15, 0.2) is 0 Å². The molecule has 1 aromatic rings. The van der Waals surface area contributed by atoms with Gasteiger partial charge in [0, 0.05) is 13.0 Å². The van der Waals surface area contributed by atoms with Crippen LogP contribution in [0, 0.1) is 0 Å². The highest BCUT2D eigenvalue weighted by molar-refractivity contribution is 6.05. The Morgan fingerprint density at radius 2 is 2.14 bits per heavy atom. The molecule has 0 bridgehead atoms. The van der Waals surface area contributed by atoms with Crippen molar-refractivity contribution in [3.8, 4) is 6.01 Å². The molecular formula is C19H25FN4O5. The molecule has 1 aromatic heterocycles. The van der Waals surface area contributed by atoms with E-state index in [1.165, 1.54) is 0 Å². The maximum Gasteiger partial charge on any atom is 0.417 e. The van der Waals surface area contributed by atoms with Crippen LogP contribution in [0.1, 0.15) is 56.1 Å². The molecule has 0 unspecified atom stereocenters. The number of carbonyl (C=O) groups excluding carboxylic acids is 2. The minimum absolute atomic E-state index is 0.0314. The van der Waals surface area contributed by atoms with E-state index in [1.54, 1.807) is 20.8 Å². The fourth-order valence-corrected chi connectivity index (χ4v) is 4.37. The highest BCUT2D eigenvalue weighted by Gasteiger charge is 2.49. The first-order valence-corrected chi connectivity index (χ1v) is 9.78. The summed E-state index contributed by atoms with van der Waals surface area (Å²) in [4.78, 5) is 46.8. The summed E-state index contributed by atoms with van der Waals surface area (Å²) in [5.74, 6) is -0.744. The van der Waals surface area contributed by atoms with Gasteiger partial charge in [-0.15, -0.1) is 0 Å². The van der Waals surface area contributed by atoms with E-state index in [4.69, 9.17) is 9.47 Å². The largest absolute Gasteiger partial charge is 0.463 e. The van der Waals surface area contributed by atoms with Crippen molar-refractivity contribution < 1.29 is 23.5 Å². The third-order valence-corrected chi connectivity index (χ3v) is 5.59. The van der Waals surface area contributed by atoms with E-state index in [0.717, 1.165) is 24.3 Å². The standard InChI is InChI=1S/C19H25FN4O5/c1-18(2,3)29-17(27)24-9-12-13(15(24)26)14(25)22-16(21-12)28-10-19-5-4-6-23(19)8-11(20)7-19/h11H,4-10H2,1-3H3,(H,21,22,25)/t11-,19+/m1/s1. The number of halogens is 1. The van der Waals surface area contributed by atoms with Crippen molar-refractivity contribution in [3.63, 3.8) is 0 Å². The number of amides is 2. The Labute approximate surface area is 167 Å². The number of nitrogens with zero attached hydrogens (tertiary/aromatic N) is 3. The number of ether oxygens (including phenoxy) is 2. The molecule has 0 aliphatic carbocycles. The smallest absolute Gasteiger partial charge is 0.417 e. The zero-order valence-electron chi connectivity index (χ0n) is 16.8. The van der Waals surface area contributed by atoms with Gasteiger partial charge in [0.05, 0.1) is 17.8 Å². The van der Waals surface area contributed by atoms with E-state index >= 15 is 0 Å². The summed E-state index contributed by atoms with van der Waals surface area (Å²) in [6, 6.07) is -0.0314. The van der Waals surface area contributed by atoms with Gasteiger partial charge in [-0.1, -0.05) is 0 Å². The van der Waals surface area contributed by atoms with Crippen LogP contribution in [-0.4, -0.2) is 68.8 Å². The van der Waals surface area contributed by atoms with Crippen LogP contribution < -0.4 is 10.3 Å². The lowest BCUT2D eigenvalue weighted by atomic mass is 9.95. The molecule has 2 saturated heterocycles. The van der Waals surface area contributed by atoms with Crippen LogP contribution >= 0.6 is 0 Å². The van der Waals surface area contributed by atoms with Crippen LogP contribution in [0.25, 0.3) is 0 Å². The van der Waals surface area contributed by atoms with Crippen LogP contribution in [0.3, 0.4) is 0 Å². The lowest BCUT2D eigenvalue weighted by Gasteiger charge is -2.30. The number of fused-ring (bicyclic) bond motifs is 2. The second-order valence-electron chi connectivity index (χ2n) is 8.93. The highest BCUT2D eigenvalue weighted by atomic mass is 19.1. The van der Waals surface area contributed by atoms with Crippen molar-refractivity contribution in [2.75, 3.05) is 19.7 Å². The molecule has 29 heavy (non-hydrogen) atoms. The molecule has 4 heterocycles. The Balaban J connectivity index is 1.50. The Bertz CT molecular complexity index is 911. The molecule has 0 saturated carbocycles. The molecule has 9 nitrogen and oxygen atoms in total. The fourth-order valence-electron chi connectivity index (χ4n) is 4.37. The molecule has 0 spiro atoms. The summed E-state index contributed by atoms with van der Waals surface area (Å²) in [6.07, 6.45) is 0.484. The van der Waals surface area contributed by atoms with Gasteiger partial charge in [0.25, 0.3) is 17.5 Å². The number of alkyl halides is 1. The molecule has 1 N–H and O–H groups in total. The molecule has 10 heteroatoms. The van der Waals surface area contributed by atoms with Crippen molar-refractivity contribution >= 4 is 12.0 Å². The summed E-state index contributed by atoms with van der Waals surface area (Å²) in [5.41, 5.74) is -1.85. The van der Waals surface area contributed by atoms with E-state index in [0.29, 0.717) is 13.0 Å². The van der Waals surface area contributed by atoms with Crippen molar-refractivity contribution in [2.24, 2.45) is 0 Å². The quantitative estimate of drug-likeness (QED) is 0.810. The topological polar surface area (TPSA) is 105 Å². The van der Waals surface area contributed by atoms with Crippen LogP contribution in [0.2, 0.25) is 0 Å². The van der Waals surface area contributed by atoms with Crippen LogP contribution in [-0.2, 0) is 11.3 Å². The molecular weight excluding hydrogens is 383 g/mol. The number of imide groups is 1. The van der Waals surface area contributed by atoms with Gasteiger partial charge in [0.1, 0.15) is 23.9 Å². The third-order valence-electron chi connectivity index (χ3n) is 5.59. The molecule has 0 aromatic carbocycles. The van der Waals surface area contributed by atoms with E-state index < -0.39 is 29.3 Å². The Morgan fingerprint density at radius 3 is 2.86 bits per heavy atom. The number of rotatable bonds is 3. The van der Waals surface area contributed by atoms with Gasteiger partial charge in [-0.2, -0.15) is 4.98 Å². The second-order valence-corrected chi connectivity index (χ2v) is 8.93. The Morgan fingerprint density at radius 1 is 1.38 bits per heavy atom. The lowest BCUT2D eigenvalue weighted by molar-refractivity contribution is 0.0246. The van der Waals surface area contributed by atoms with Gasteiger partial charge in [0.2, 0.25) is 0 Å². The van der Waals surface area contributed by atoms with Crippen LogP contribution in [0.4, 0.5) is 9.18 Å². The zero-order chi connectivity index (χ0) is 21.0. The monoisotopic (exact) mass is 408 g/mol. The first kappa shape index (κ1) is 19.8. The van der Waals surface area contributed by atoms with E-state index in [9.17, 15) is 18.8 Å². The maximum absolute atomic E-state index is 13.9. The van der Waals surface area contributed by atoms with Crippen LogP contribution in [0.5, 0.6) is 6.01 Å². The summed E-state index contributed by atoms with van der Waals surface area (Å²) in [5, 5.41) is 0. The zero-order valence-corrected chi connectivity index (χ0v) is 16.8. The van der Waals surface area contributed by atoms with E-state index in [1.807, 2.05) is 0 Å². The first-order chi connectivity index (χ1) is 13.6. The fraction of sp³-hybridized carbons (Fsp3) is 0.684. The number of carbonyl (C=O) groups is 2. The Kier molecular flexibility index (Phi) is 4.64. The predicted octanol–water partition coefficient (Wildman–Crippen LogP) is 1.62. The number of hydrogen-bond acceptors (Lipinski definition) is 7. The minimum atomic E-state index is -0.883. The molecule has 2 fully saturated rings. The predicted molar refractivity (Wildman–Crippen MR) is 99.5 cm³/mol. The second kappa shape index (κ2) is 6.79. The number of aromatic nitrogens is 2. The van der Waals surface area contributed by atoms with Crippen molar-refractivity contribution in [1.29, 1.82) is 0 Å². The maximum atomic E-state index is 13.9. The van der Waals surface area contributed by atoms with Crippen molar-refractivity contribution in [2.45, 2.75) is 63.9 Å². The number of aromatic amines is 1. The first-order valence-electron chi connectivity index (χ1n) is 9.78. The molecule has 3 aliphatic heterocycles. The highest BCUT2D eigenvalue weighted by Crippen LogP contribution is 2.40. The molecule has 0 radical (unpaired) electrons. The van der Waals surface area contributed by atoms with E-state index in [2.05, 4.69) is 14.9 Å². The van der Waals surface area contributed by atoms with Crippen molar-refractivity contribution in [3.05, 3.63) is 21.6 Å². The van der Waals surface area contributed by atoms with Gasteiger partial charge in [-0.05, 0) is 40.2 Å². The molecule has 158 valence electrons. The summed E-state index contributed by atoms with van der Waals surface area (Å²) in [6.45, 7) is 6.34. The Hall–Kier alpha value is -2.49. The minimum Gasteiger partial charge on any atom is -0.463 e. The lowest BCUT2D eigenvalue weighted by Crippen LogP contribution is -2.43. The van der Waals surface area contributed by atoms with Gasteiger partial charge in [-0.3, -0.25) is 19.5 Å². The van der Waals surface area contributed by atoms with Gasteiger partial charge < -0.3 is 9.47 Å². The normalized spacial score (nSPS) is 26.6. The van der Waals surface area contributed by atoms with E-state index in [-0.39, 0.29) is 36.0 Å². The third kappa shape index (κ3) is 3.61. The summed E-state index contributed by atoms with van der Waals surface area (Å²) in [7, 11) is 0. The van der Waals surface area contributed by atoms with Crippen LogP contribution in [0.15, 0.2) is 4.79 Å². The summed E-state index contributed by atoms with van der Waals surface area (Å²) < 4.78 is 24.8. The number of nitrogens with one attached hydrogen (secondary N) is 1. The number of hydrogen-bond donors (Lipinski definition) is 1. The molecule has 3 aliphatic rings. The average molecular weight is 408 g/mol. The average Bonchev–Trinajstić information content (AvgIpc) is 3.22. The molecule has 2 amide bonds. The van der Waals surface area contributed by atoms with Gasteiger partial charge in [-0.25, -0.2) is 14.1 Å². The molecule has 2 atom stereocenters. The van der Waals surface area contributed by atoms with Crippen molar-refractivity contribution in [1.82, 2.24) is 19.8 Å². The number of H-pyrrole nitrogens is 1. The SMILES string of the molecule is CC(C)(C)OC(=O)N1Cc2nc(OC[C@@]34CCCN3C[C@H](F)C4)[nH]c(=O)c2C1=O. The van der Waals surface area contributed by atoms with Gasteiger partial charge >= 0.3 is 6.09 Å².